The monoisotopic (exact) mass is 705 g/mol. The minimum Gasteiger partial charge on any atom is -0.466 e. The van der Waals surface area contributed by atoms with Crippen LogP contribution in [0.15, 0.2) is 12.2 Å². The maximum Gasteiger partial charge on any atom is 0.306 e. The van der Waals surface area contributed by atoms with E-state index < -0.39 is 0 Å². The second-order valence-electron chi connectivity index (χ2n) is 15.5. The van der Waals surface area contributed by atoms with Crippen LogP contribution in [0.2, 0.25) is 0 Å². The summed E-state index contributed by atoms with van der Waals surface area (Å²) in [4.78, 5) is 29.2. The summed E-state index contributed by atoms with van der Waals surface area (Å²) < 4.78 is 10.8. The van der Waals surface area contributed by atoms with Crippen LogP contribution >= 0.6 is 0 Å². The quantitative estimate of drug-likeness (QED) is 0.0368. The van der Waals surface area contributed by atoms with Crippen LogP contribution in [-0.4, -0.2) is 74.7 Å². The van der Waals surface area contributed by atoms with E-state index >= 15 is 0 Å². The molecule has 0 aliphatic carbocycles. The zero-order valence-corrected chi connectivity index (χ0v) is 33.7. The van der Waals surface area contributed by atoms with Crippen LogP contribution in [-0.2, 0) is 19.1 Å². The average molecular weight is 705 g/mol. The number of allylic oxidation sites excluding steroid dienone is 1. The molecule has 294 valence electrons. The number of likely N-dealkylation sites (N-methyl/N-ethyl adjacent to an activating group) is 1. The zero-order valence-electron chi connectivity index (χ0n) is 33.7. The van der Waals surface area contributed by atoms with Gasteiger partial charge in [0.2, 0.25) is 0 Å². The zero-order chi connectivity index (χ0) is 36.2. The smallest absolute Gasteiger partial charge is 0.306 e. The van der Waals surface area contributed by atoms with Crippen molar-refractivity contribution < 1.29 is 19.1 Å². The number of nitrogens with zero attached hydrogens (tertiary/aromatic N) is 2. The largest absolute Gasteiger partial charge is 0.466 e. The molecule has 1 saturated heterocycles. The number of hydrogen-bond acceptors (Lipinski definition) is 6. The third-order valence-electron chi connectivity index (χ3n) is 10.7. The van der Waals surface area contributed by atoms with E-state index in [2.05, 4.69) is 36.8 Å². The van der Waals surface area contributed by atoms with Crippen molar-refractivity contribution in [3.63, 3.8) is 0 Å². The topological polar surface area (TPSA) is 59.1 Å². The lowest BCUT2D eigenvalue weighted by Crippen LogP contribution is -2.44. The van der Waals surface area contributed by atoms with E-state index in [4.69, 9.17) is 9.47 Å². The summed E-state index contributed by atoms with van der Waals surface area (Å²) in [5.74, 6) is 0.804. The van der Waals surface area contributed by atoms with E-state index in [9.17, 15) is 9.59 Å². The summed E-state index contributed by atoms with van der Waals surface area (Å²) in [5.41, 5.74) is 0. The molecule has 0 radical (unpaired) electrons. The molecule has 0 N–H and O–H groups in total. The van der Waals surface area contributed by atoms with Gasteiger partial charge >= 0.3 is 11.9 Å². The maximum absolute atomic E-state index is 12.1. The fourth-order valence-electron chi connectivity index (χ4n) is 7.14. The summed E-state index contributed by atoms with van der Waals surface area (Å²) >= 11 is 0. The fraction of sp³-hybridized carbons (Fsp3) is 0.909. The second-order valence-corrected chi connectivity index (χ2v) is 15.5. The lowest BCUT2D eigenvalue weighted by molar-refractivity contribution is -0.144. The molecule has 1 unspecified atom stereocenters. The van der Waals surface area contributed by atoms with Crippen LogP contribution in [0.25, 0.3) is 0 Å². The van der Waals surface area contributed by atoms with Crippen molar-refractivity contribution in [1.82, 2.24) is 9.80 Å². The molecular weight excluding hydrogens is 620 g/mol. The number of piperazine rings is 1. The summed E-state index contributed by atoms with van der Waals surface area (Å²) in [5, 5.41) is 0. The van der Waals surface area contributed by atoms with Crippen molar-refractivity contribution >= 4 is 11.9 Å². The van der Waals surface area contributed by atoms with Crippen molar-refractivity contribution in [2.45, 2.75) is 200 Å². The average Bonchev–Trinajstić information content (AvgIpc) is 3.11. The van der Waals surface area contributed by atoms with Crippen LogP contribution in [0.4, 0.5) is 0 Å². The van der Waals surface area contributed by atoms with Crippen molar-refractivity contribution in [2.24, 2.45) is 5.92 Å². The Hall–Kier alpha value is -1.40. The van der Waals surface area contributed by atoms with Gasteiger partial charge in [-0.2, -0.15) is 0 Å². The molecule has 0 spiro atoms. The van der Waals surface area contributed by atoms with Gasteiger partial charge < -0.3 is 19.3 Å². The van der Waals surface area contributed by atoms with Crippen molar-refractivity contribution in [2.75, 3.05) is 53.0 Å². The van der Waals surface area contributed by atoms with Crippen molar-refractivity contribution in [3.05, 3.63) is 12.2 Å². The van der Waals surface area contributed by atoms with Crippen molar-refractivity contribution in [3.8, 4) is 0 Å². The third-order valence-corrected chi connectivity index (χ3v) is 10.7. The summed E-state index contributed by atoms with van der Waals surface area (Å²) in [6.07, 6.45) is 38.9. The molecule has 50 heavy (non-hydrogen) atoms. The lowest BCUT2D eigenvalue weighted by Gasteiger charge is -2.32. The number of rotatable bonds is 36. The normalized spacial score (nSPS) is 14.8. The molecule has 1 fully saturated rings. The minimum absolute atomic E-state index is 0.00350. The van der Waals surface area contributed by atoms with Gasteiger partial charge in [0, 0.05) is 39.0 Å². The van der Waals surface area contributed by atoms with E-state index in [1.807, 2.05) is 6.08 Å². The molecule has 0 aromatic rings. The Labute approximate surface area is 311 Å². The first-order valence-corrected chi connectivity index (χ1v) is 21.9. The highest BCUT2D eigenvalue weighted by Gasteiger charge is 2.14. The van der Waals surface area contributed by atoms with Crippen LogP contribution in [0.1, 0.15) is 200 Å². The Morgan fingerprint density at radius 1 is 0.540 bits per heavy atom. The number of unbranched alkanes of at least 4 members (excludes halogenated alkanes) is 19. The molecule has 0 aromatic carbocycles. The highest BCUT2D eigenvalue weighted by molar-refractivity contribution is 5.69. The van der Waals surface area contributed by atoms with Gasteiger partial charge in [0.1, 0.15) is 6.61 Å². The van der Waals surface area contributed by atoms with E-state index in [0.29, 0.717) is 26.1 Å². The number of esters is 2. The molecule has 1 rings (SSSR count). The first kappa shape index (κ1) is 46.6. The summed E-state index contributed by atoms with van der Waals surface area (Å²) in [6.45, 7) is 11.7. The number of carbonyl (C=O) groups is 2. The van der Waals surface area contributed by atoms with E-state index in [1.54, 1.807) is 0 Å². The minimum atomic E-state index is -0.0454. The van der Waals surface area contributed by atoms with Gasteiger partial charge in [-0.05, 0) is 58.0 Å². The molecule has 1 aliphatic heterocycles. The highest BCUT2D eigenvalue weighted by atomic mass is 16.5. The van der Waals surface area contributed by atoms with E-state index in [-0.39, 0.29) is 11.9 Å². The number of hydrogen-bond donors (Lipinski definition) is 0. The standard InChI is InChI=1S/C44H84N2O4/c1-4-6-8-10-12-20-28-40-49-43(47)33-24-18-14-16-22-30-42(32-26-27-35-46-38-36-45(3)37-39-46)31-23-17-15-19-25-34-44(48)50-41-29-21-13-11-9-7-5-2/h20,28,42H,4-19,21-27,29-41H2,1-3H3/b28-20+. The Balaban J connectivity index is 2.15. The summed E-state index contributed by atoms with van der Waals surface area (Å²) in [7, 11) is 2.24. The van der Waals surface area contributed by atoms with E-state index in [0.717, 1.165) is 44.4 Å². The number of ether oxygens (including phenoxy) is 2. The van der Waals surface area contributed by atoms with Gasteiger partial charge in [-0.3, -0.25) is 9.59 Å². The van der Waals surface area contributed by atoms with Gasteiger partial charge in [-0.15, -0.1) is 0 Å². The highest BCUT2D eigenvalue weighted by Crippen LogP contribution is 2.24. The maximum atomic E-state index is 12.1. The first-order valence-electron chi connectivity index (χ1n) is 21.9. The Kier molecular flexibility index (Phi) is 33.5. The van der Waals surface area contributed by atoms with Gasteiger partial charge in [0.05, 0.1) is 6.61 Å². The molecule has 6 heteroatoms. The predicted molar refractivity (Wildman–Crippen MR) is 214 cm³/mol. The molecule has 6 nitrogen and oxygen atoms in total. The molecule has 1 aliphatic rings. The molecular formula is C44H84N2O4. The second kappa shape index (κ2) is 36.0. The molecule has 0 aromatic heterocycles. The van der Waals surface area contributed by atoms with Gasteiger partial charge in [0.25, 0.3) is 0 Å². The Bertz CT molecular complexity index is 780. The van der Waals surface area contributed by atoms with Crippen molar-refractivity contribution in [1.29, 1.82) is 0 Å². The Morgan fingerprint density at radius 2 is 1.02 bits per heavy atom. The molecule has 1 atom stereocenters. The predicted octanol–water partition coefficient (Wildman–Crippen LogP) is 11.8. The van der Waals surface area contributed by atoms with Gasteiger partial charge in [0.15, 0.2) is 0 Å². The molecule has 0 amide bonds. The van der Waals surface area contributed by atoms with Crippen LogP contribution < -0.4 is 0 Å². The Morgan fingerprint density at radius 3 is 1.62 bits per heavy atom. The lowest BCUT2D eigenvalue weighted by atomic mass is 9.90. The van der Waals surface area contributed by atoms with E-state index in [1.165, 1.54) is 168 Å². The first-order chi connectivity index (χ1) is 24.5. The molecule has 0 saturated carbocycles. The van der Waals surface area contributed by atoms with Gasteiger partial charge in [-0.25, -0.2) is 0 Å². The molecule has 0 bridgehead atoms. The third kappa shape index (κ3) is 31.3. The van der Waals surface area contributed by atoms with Crippen LogP contribution in [0, 0.1) is 5.92 Å². The number of carbonyl (C=O) groups excluding carboxylic acids is 2. The molecule has 1 heterocycles. The van der Waals surface area contributed by atoms with Crippen LogP contribution in [0.3, 0.4) is 0 Å². The summed E-state index contributed by atoms with van der Waals surface area (Å²) in [6, 6.07) is 0. The SMILES string of the molecule is CCCCCC/C=C/COC(=O)CCCCCCCC(CCCCCCCC(=O)OCCCCCCCCC)CCCCN1CCN(C)CC1. The van der Waals surface area contributed by atoms with Crippen LogP contribution in [0.5, 0.6) is 0 Å². The van der Waals surface area contributed by atoms with Gasteiger partial charge in [-0.1, -0.05) is 161 Å². The fourth-order valence-corrected chi connectivity index (χ4v) is 7.14.